The maximum atomic E-state index is 11.4. The molecule has 0 radical (unpaired) electrons. The van der Waals surface area contributed by atoms with Crippen molar-refractivity contribution in [2.45, 2.75) is 6.42 Å². The highest BCUT2D eigenvalue weighted by atomic mass is 16.5. The third kappa shape index (κ3) is 3.50. The van der Waals surface area contributed by atoms with E-state index in [0.29, 0.717) is 5.82 Å². The average Bonchev–Trinajstić information content (AvgIpc) is 2.53. The van der Waals surface area contributed by atoms with Crippen LogP contribution in [0.1, 0.15) is 16.2 Å². The van der Waals surface area contributed by atoms with Gasteiger partial charge in [-0.1, -0.05) is 6.07 Å². The Morgan fingerprint density at radius 3 is 2.90 bits per heavy atom. The number of methoxy groups -OCH3 is 1. The van der Waals surface area contributed by atoms with Crippen molar-refractivity contribution in [3.8, 4) is 0 Å². The van der Waals surface area contributed by atoms with Gasteiger partial charge in [0, 0.05) is 31.9 Å². The Morgan fingerprint density at radius 1 is 1.35 bits per heavy atom. The second kappa shape index (κ2) is 6.60. The van der Waals surface area contributed by atoms with Crippen LogP contribution in [0.2, 0.25) is 0 Å². The maximum absolute atomic E-state index is 11.4. The summed E-state index contributed by atoms with van der Waals surface area (Å²) >= 11 is 0. The number of carbonyl (C=O) groups excluding carboxylic acids is 1. The van der Waals surface area contributed by atoms with Crippen molar-refractivity contribution in [1.82, 2.24) is 15.0 Å². The number of hydrogen-bond donors (Lipinski definition) is 0. The smallest absolute Gasteiger partial charge is 0.358 e. The second-order valence-corrected chi connectivity index (χ2v) is 4.25. The minimum Gasteiger partial charge on any atom is -0.464 e. The van der Waals surface area contributed by atoms with E-state index in [1.165, 1.54) is 13.3 Å². The van der Waals surface area contributed by atoms with Gasteiger partial charge >= 0.3 is 5.97 Å². The van der Waals surface area contributed by atoms with E-state index in [2.05, 4.69) is 19.7 Å². The van der Waals surface area contributed by atoms with Gasteiger partial charge in [0.2, 0.25) is 0 Å². The Hall–Kier alpha value is -2.50. The Morgan fingerprint density at radius 2 is 2.20 bits per heavy atom. The van der Waals surface area contributed by atoms with Gasteiger partial charge in [0.05, 0.1) is 19.5 Å². The van der Waals surface area contributed by atoms with Crippen molar-refractivity contribution < 1.29 is 9.53 Å². The molecule has 2 aromatic heterocycles. The van der Waals surface area contributed by atoms with Crippen LogP contribution in [0.3, 0.4) is 0 Å². The normalized spacial score (nSPS) is 10.1. The highest BCUT2D eigenvalue weighted by Gasteiger charge is 2.10. The van der Waals surface area contributed by atoms with Gasteiger partial charge in [0.1, 0.15) is 5.82 Å². The molecule has 2 heterocycles. The van der Waals surface area contributed by atoms with Gasteiger partial charge in [0.25, 0.3) is 0 Å². The molecule has 0 saturated heterocycles. The molecule has 2 aromatic rings. The van der Waals surface area contributed by atoms with E-state index in [1.807, 2.05) is 30.1 Å². The van der Waals surface area contributed by atoms with E-state index in [4.69, 9.17) is 0 Å². The summed E-state index contributed by atoms with van der Waals surface area (Å²) < 4.78 is 4.63. The summed E-state index contributed by atoms with van der Waals surface area (Å²) in [6.45, 7) is 0.732. The number of esters is 1. The molecule has 20 heavy (non-hydrogen) atoms. The van der Waals surface area contributed by atoms with Crippen molar-refractivity contribution in [1.29, 1.82) is 0 Å². The van der Waals surface area contributed by atoms with Crippen LogP contribution in [-0.2, 0) is 11.2 Å². The Labute approximate surface area is 117 Å². The van der Waals surface area contributed by atoms with Crippen molar-refractivity contribution in [2.75, 3.05) is 25.6 Å². The highest BCUT2D eigenvalue weighted by Crippen LogP contribution is 2.09. The van der Waals surface area contributed by atoms with Crippen LogP contribution >= 0.6 is 0 Å². The number of likely N-dealkylation sites (N-methyl/N-ethyl adjacent to an activating group) is 1. The van der Waals surface area contributed by atoms with E-state index >= 15 is 0 Å². The van der Waals surface area contributed by atoms with Crippen molar-refractivity contribution in [3.05, 3.63) is 48.2 Å². The van der Waals surface area contributed by atoms with Gasteiger partial charge in [-0.2, -0.15) is 0 Å². The number of aromatic nitrogens is 3. The number of carbonyl (C=O) groups is 1. The molecule has 0 atom stereocenters. The lowest BCUT2D eigenvalue weighted by Gasteiger charge is -2.17. The lowest BCUT2D eigenvalue weighted by molar-refractivity contribution is 0.0593. The third-order valence-electron chi connectivity index (χ3n) is 2.84. The van der Waals surface area contributed by atoms with Gasteiger partial charge in [0.15, 0.2) is 5.69 Å². The SMILES string of the molecule is COC(=O)c1cncc(N(C)CCc2ccccn2)n1. The van der Waals surface area contributed by atoms with Gasteiger partial charge in [-0.05, 0) is 12.1 Å². The molecule has 0 saturated carbocycles. The number of rotatable bonds is 5. The molecule has 0 aliphatic carbocycles. The van der Waals surface area contributed by atoms with Gasteiger partial charge < -0.3 is 9.64 Å². The molecular weight excluding hydrogens is 256 g/mol. The lowest BCUT2D eigenvalue weighted by atomic mass is 10.2. The fraction of sp³-hybridized carbons (Fsp3) is 0.286. The molecule has 0 fully saturated rings. The van der Waals surface area contributed by atoms with Gasteiger partial charge in [-0.25, -0.2) is 9.78 Å². The number of nitrogens with zero attached hydrogens (tertiary/aromatic N) is 4. The van der Waals surface area contributed by atoms with Crippen LogP contribution in [0.5, 0.6) is 0 Å². The van der Waals surface area contributed by atoms with E-state index in [1.54, 1.807) is 12.4 Å². The quantitative estimate of drug-likeness (QED) is 0.765. The summed E-state index contributed by atoms with van der Waals surface area (Å²) in [5.74, 6) is 0.140. The molecule has 2 rings (SSSR count). The number of ether oxygens (including phenoxy) is 1. The minimum atomic E-state index is -0.488. The first-order chi connectivity index (χ1) is 9.70. The van der Waals surface area contributed by atoms with Gasteiger partial charge in [-0.3, -0.25) is 9.97 Å². The first kappa shape index (κ1) is 13.9. The summed E-state index contributed by atoms with van der Waals surface area (Å²) in [6, 6.07) is 5.82. The molecule has 0 N–H and O–H groups in total. The van der Waals surface area contributed by atoms with E-state index in [-0.39, 0.29) is 5.69 Å². The van der Waals surface area contributed by atoms with Crippen molar-refractivity contribution in [3.63, 3.8) is 0 Å². The summed E-state index contributed by atoms with van der Waals surface area (Å²) in [6.07, 6.45) is 5.57. The summed E-state index contributed by atoms with van der Waals surface area (Å²) in [5.41, 5.74) is 1.21. The van der Waals surface area contributed by atoms with Crippen LogP contribution in [0.15, 0.2) is 36.8 Å². The number of anilines is 1. The van der Waals surface area contributed by atoms with E-state index < -0.39 is 5.97 Å². The second-order valence-electron chi connectivity index (χ2n) is 4.25. The largest absolute Gasteiger partial charge is 0.464 e. The molecule has 0 amide bonds. The molecule has 0 spiro atoms. The van der Waals surface area contributed by atoms with Crippen LogP contribution < -0.4 is 4.90 Å². The highest BCUT2D eigenvalue weighted by molar-refractivity contribution is 5.87. The Kier molecular flexibility index (Phi) is 4.60. The predicted molar refractivity (Wildman–Crippen MR) is 74.6 cm³/mol. The predicted octanol–water partition coefficient (Wildman–Crippen LogP) is 1.34. The topological polar surface area (TPSA) is 68.2 Å². The molecule has 6 heteroatoms. The van der Waals surface area contributed by atoms with Gasteiger partial charge in [-0.15, -0.1) is 0 Å². The fourth-order valence-corrected chi connectivity index (χ4v) is 1.69. The summed E-state index contributed by atoms with van der Waals surface area (Å²) in [7, 11) is 3.22. The molecule has 104 valence electrons. The zero-order valence-electron chi connectivity index (χ0n) is 11.5. The van der Waals surface area contributed by atoms with Crippen molar-refractivity contribution >= 4 is 11.8 Å². The standard InChI is InChI=1S/C14H16N4O2/c1-18(8-6-11-5-3-4-7-16-11)13-10-15-9-12(17-13)14(19)20-2/h3-5,7,9-10H,6,8H2,1-2H3. The minimum absolute atomic E-state index is 0.203. The monoisotopic (exact) mass is 272 g/mol. The molecule has 0 unspecified atom stereocenters. The van der Waals surface area contributed by atoms with Crippen LogP contribution in [-0.4, -0.2) is 41.6 Å². The molecule has 0 aromatic carbocycles. The average molecular weight is 272 g/mol. The summed E-state index contributed by atoms with van der Waals surface area (Å²) in [5, 5.41) is 0. The molecule has 6 nitrogen and oxygen atoms in total. The third-order valence-corrected chi connectivity index (χ3v) is 2.84. The Balaban J connectivity index is 2.02. The zero-order valence-corrected chi connectivity index (χ0v) is 11.5. The van der Waals surface area contributed by atoms with Crippen molar-refractivity contribution in [2.24, 2.45) is 0 Å². The molecule has 0 bridgehead atoms. The summed E-state index contributed by atoms with van der Waals surface area (Å²) in [4.78, 5) is 25.8. The van der Waals surface area contributed by atoms with E-state index in [9.17, 15) is 4.79 Å². The Bertz CT molecular complexity index is 574. The molecule has 0 aliphatic rings. The van der Waals surface area contributed by atoms with Crippen LogP contribution in [0.25, 0.3) is 0 Å². The zero-order chi connectivity index (χ0) is 14.4. The molecule has 0 aliphatic heterocycles. The van der Waals surface area contributed by atoms with E-state index in [0.717, 1.165) is 18.7 Å². The fourth-order valence-electron chi connectivity index (χ4n) is 1.69. The number of pyridine rings is 1. The molecular formula is C14H16N4O2. The van der Waals surface area contributed by atoms with Crippen LogP contribution in [0.4, 0.5) is 5.82 Å². The number of hydrogen-bond acceptors (Lipinski definition) is 6. The first-order valence-corrected chi connectivity index (χ1v) is 6.22. The lowest BCUT2D eigenvalue weighted by Crippen LogP contribution is -2.22. The maximum Gasteiger partial charge on any atom is 0.358 e. The first-order valence-electron chi connectivity index (χ1n) is 6.22. The van der Waals surface area contributed by atoms with Crippen LogP contribution in [0, 0.1) is 0 Å².